The van der Waals surface area contributed by atoms with Crippen molar-refractivity contribution in [3.05, 3.63) is 23.1 Å². The van der Waals surface area contributed by atoms with Crippen molar-refractivity contribution in [2.75, 3.05) is 11.0 Å². The van der Waals surface area contributed by atoms with E-state index in [1.807, 2.05) is 0 Å². The maximum atomic E-state index is 11.3. The van der Waals surface area contributed by atoms with Crippen LogP contribution in [0.2, 0.25) is 5.22 Å². The molecule has 0 saturated carbocycles. The van der Waals surface area contributed by atoms with Crippen LogP contribution in [0.1, 0.15) is 17.0 Å². The van der Waals surface area contributed by atoms with Crippen LogP contribution in [-0.4, -0.2) is 16.9 Å². The fourth-order valence-electron chi connectivity index (χ4n) is 0.792. The summed E-state index contributed by atoms with van der Waals surface area (Å²) < 4.78 is 5.95. The number of amides is 1. The summed E-state index contributed by atoms with van der Waals surface area (Å²) in [4.78, 5) is 11.3. The van der Waals surface area contributed by atoms with Crippen molar-refractivity contribution in [3.8, 4) is 0 Å². The molecule has 72 valence electrons. The first-order valence-electron chi connectivity index (χ1n) is 3.83. The monoisotopic (exact) mass is 313 g/mol. The van der Waals surface area contributed by atoms with E-state index in [0.29, 0.717) is 6.54 Å². The highest BCUT2D eigenvalue weighted by Gasteiger charge is 2.08. The highest BCUT2D eigenvalue weighted by molar-refractivity contribution is 14.1. The van der Waals surface area contributed by atoms with Crippen LogP contribution in [-0.2, 0) is 0 Å². The van der Waals surface area contributed by atoms with E-state index in [2.05, 4.69) is 27.9 Å². The maximum Gasteiger partial charge on any atom is 0.287 e. The van der Waals surface area contributed by atoms with Gasteiger partial charge in [0, 0.05) is 11.0 Å². The van der Waals surface area contributed by atoms with Crippen LogP contribution in [0.3, 0.4) is 0 Å². The molecular weight excluding hydrogens is 304 g/mol. The molecule has 0 fully saturated rings. The Morgan fingerprint density at radius 3 is 2.92 bits per heavy atom. The summed E-state index contributed by atoms with van der Waals surface area (Å²) >= 11 is 7.78. The van der Waals surface area contributed by atoms with E-state index in [0.717, 1.165) is 10.8 Å². The van der Waals surface area contributed by atoms with Gasteiger partial charge in [0.25, 0.3) is 5.91 Å². The summed E-state index contributed by atoms with van der Waals surface area (Å²) in [6.45, 7) is 0.667. The first-order valence-corrected chi connectivity index (χ1v) is 5.74. The lowest BCUT2D eigenvalue weighted by molar-refractivity contribution is 0.0926. The van der Waals surface area contributed by atoms with Crippen molar-refractivity contribution in [2.24, 2.45) is 0 Å². The normalized spacial score (nSPS) is 10.0. The molecule has 0 bridgehead atoms. The van der Waals surface area contributed by atoms with Gasteiger partial charge in [-0.1, -0.05) is 22.6 Å². The number of hydrogen-bond acceptors (Lipinski definition) is 2. The molecule has 1 aromatic rings. The van der Waals surface area contributed by atoms with Gasteiger partial charge in [-0.2, -0.15) is 0 Å². The van der Waals surface area contributed by atoms with Gasteiger partial charge in [0.2, 0.25) is 0 Å². The van der Waals surface area contributed by atoms with Gasteiger partial charge < -0.3 is 9.73 Å². The Bertz CT molecular complexity index is 287. The van der Waals surface area contributed by atoms with Crippen LogP contribution in [0.5, 0.6) is 0 Å². The Balaban J connectivity index is 2.40. The molecule has 0 unspecified atom stereocenters. The van der Waals surface area contributed by atoms with Crippen LogP contribution in [0.25, 0.3) is 0 Å². The predicted molar refractivity (Wildman–Crippen MR) is 59.6 cm³/mol. The zero-order chi connectivity index (χ0) is 9.68. The number of alkyl halides is 1. The molecule has 3 nitrogen and oxygen atoms in total. The Labute approximate surface area is 95.0 Å². The molecule has 1 amide bonds. The number of nitrogens with one attached hydrogen (secondary N) is 1. The van der Waals surface area contributed by atoms with E-state index in [9.17, 15) is 4.79 Å². The predicted octanol–water partition coefficient (Wildman–Crippen LogP) is 2.49. The summed E-state index contributed by atoms with van der Waals surface area (Å²) in [6, 6.07) is 3.11. The van der Waals surface area contributed by atoms with Crippen molar-refractivity contribution in [2.45, 2.75) is 6.42 Å². The molecule has 13 heavy (non-hydrogen) atoms. The minimum Gasteiger partial charge on any atom is -0.440 e. The van der Waals surface area contributed by atoms with Gasteiger partial charge >= 0.3 is 0 Å². The standard InChI is InChI=1S/C8H9ClINO2/c9-7-3-2-6(13-7)8(12)11-5-1-4-10/h2-3H,1,4-5H2,(H,11,12). The smallest absolute Gasteiger partial charge is 0.287 e. The van der Waals surface area contributed by atoms with Gasteiger partial charge in [0.15, 0.2) is 11.0 Å². The molecule has 5 heteroatoms. The maximum absolute atomic E-state index is 11.3. The van der Waals surface area contributed by atoms with E-state index in [1.54, 1.807) is 12.1 Å². The third kappa shape index (κ3) is 3.56. The Kier molecular flexibility index (Phi) is 4.58. The Morgan fingerprint density at radius 1 is 1.62 bits per heavy atom. The van der Waals surface area contributed by atoms with Gasteiger partial charge in [-0.05, 0) is 30.2 Å². The van der Waals surface area contributed by atoms with E-state index in [-0.39, 0.29) is 16.9 Å². The molecule has 0 atom stereocenters. The second kappa shape index (κ2) is 5.49. The van der Waals surface area contributed by atoms with Crippen molar-refractivity contribution in [1.29, 1.82) is 0 Å². The van der Waals surface area contributed by atoms with Gasteiger partial charge in [0.05, 0.1) is 0 Å². The van der Waals surface area contributed by atoms with Crippen LogP contribution in [0, 0.1) is 0 Å². The van der Waals surface area contributed by atoms with Crippen molar-refractivity contribution in [3.63, 3.8) is 0 Å². The van der Waals surface area contributed by atoms with Crippen molar-refractivity contribution >= 4 is 40.1 Å². The molecule has 0 radical (unpaired) electrons. The summed E-state index contributed by atoms with van der Waals surface area (Å²) in [7, 11) is 0. The molecule has 1 N–H and O–H groups in total. The number of carbonyl (C=O) groups is 1. The van der Waals surface area contributed by atoms with Crippen LogP contribution in [0.15, 0.2) is 16.5 Å². The fourth-order valence-corrected chi connectivity index (χ4v) is 1.32. The molecule has 0 aliphatic carbocycles. The van der Waals surface area contributed by atoms with E-state index < -0.39 is 0 Å². The third-order valence-electron chi connectivity index (χ3n) is 1.39. The Morgan fingerprint density at radius 2 is 2.38 bits per heavy atom. The zero-order valence-electron chi connectivity index (χ0n) is 6.85. The largest absolute Gasteiger partial charge is 0.440 e. The zero-order valence-corrected chi connectivity index (χ0v) is 9.76. The topological polar surface area (TPSA) is 42.2 Å². The number of carbonyl (C=O) groups excluding carboxylic acids is 1. The van der Waals surface area contributed by atoms with Crippen molar-refractivity contribution < 1.29 is 9.21 Å². The van der Waals surface area contributed by atoms with Gasteiger partial charge in [-0.15, -0.1) is 0 Å². The van der Waals surface area contributed by atoms with Crippen molar-refractivity contribution in [1.82, 2.24) is 5.32 Å². The molecule has 1 rings (SSSR count). The minimum atomic E-state index is -0.211. The minimum absolute atomic E-state index is 0.211. The van der Waals surface area contributed by atoms with Crippen LogP contribution in [0.4, 0.5) is 0 Å². The molecule has 0 aliphatic heterocycles. The Hall–Kier alpha value is -0.230. The van der Waals surface area contributed by atoms with E-state index in [4.69, 9.17) is 16.0 Å². The number of rotatable bonds is 4. The van der Waals surface area contributed by atoms with Gasteiger partial charge in [-0.25, -0.2) is 0 Å². The molecule has 1 aromatic heterocycles. The van der Waals surface area contributed by atoms with Gasteiger partial charge in [0.1, 0.15) is 0 Å². The molecule has 0 aliphatic rings. The third-order valence-corrected chi connectivity index (χ3v) is 2.36. The second-order valence-corrected chi connectivity index (χ2v) is 3.85. The second-order valence-electron chi connectivity index (χ2n) is 2.40. The first kappa shape index (κ1) is 10.8. The highest BCUT2D eigenvalue weighted by Crippen LogP contribution is 2.12. The summed E-state index contributed by atoms with van der Waals surface area (Å²) in [6.07, 6.45) is 0.959. The average molecular weight is 314 g/mol. The lowest BCUT2D eigenvalue weighted by Gasteiger charge is -1.99. The van der Waals surface area contributed by atoms with Crippen LogP contribution >= 0.6 is 34.2 Å². The molecule has 0 spiro atoms. The molecule has 1 heterocycles. The fraction of sp³-hybridized carbons (Fsp3) is 0.375. The number of furan rings is 1. The number of halogens is 2. The lowest BCUT2D eigenvalue weighted by atomic mass is 10.4. The lowest BCUT2D eigenvalue weighted by Crippen LogP contribution is -2.24. The summed E-state index contributed by atoms with van der Waals surface area (Å²) in [5.41, 5.74) is 0. The van der Waals surface area contributed by atoms with E-state index in [1.165, 1.54) is 0 Å². The van der Waals surface area contributed by atoms with Crippen LogP contribution < -0.4 is 5.32 Å². The molecule has 0 saturated heterocycles. The average Bonchev–Trinajstić information content (AvgIpc) is 2.52. The summed E-state index contributed by atoms with van der Waals surface area (Å²) in [5.74, 6) is 0.0511. The van der Waals surface area contributed by atoms with Gasteiger partial charge in [-0.3, -0.25) is 4.79 Å². The molecule has 0 aromatic carbocycles. The van der Waals surface area contributed by atoms with E-state index >= 15 is 0 Å². The SMILES string of the molecule is O=C(NCCCI)c1ccc(Cl)o1. The summed E-state index contributed by atoms with van der Waals surface area (Å²) in [5, 5.41) is 2.95. The first-order chi connectivity index (χ1) is 6.24. The quantitative estimate of drug-likeness (QED) is 0.527. The highest BCUT2D eigenvalue weighted by atomic mass is 127. The molecular formula is C8H9ClINO2. The number of hydrogen-bond donors (Lipinski definition) is 1.